The zero-order valence-electron chi connectivity index (χ0n) is 14.5. The molecule has 2 aromatic heterocycles. The molecule has 0 bridgehead atoms. The van der Waals surface area contributed by atoms with Crippen molar-refractivity contribution >= 4 is 23.1 Å². The summed E-state index contributed by atoms with van der Waals surface area (Å²) in [5.41, 5.74) is 3.26. The van der Waals surface area contributed by atoms with E-state index in [9.17, 15) is 4.79 Å². The van der Waals surface area contributed by atoms with Crippen LogP contribution in [0.4, 0.5) is 11.5 Å². The Bertz CT molecular complexity index is 967. The average molecular weight is 348 g/mol. The van der Waals surface area contributed by atoms with Crippen molar-refractivity contribution in [1.29, 1.82) is 0 Å². The number of carbonyl (C=O) groups excluding carboxylic acids is 1. The van der Waals surface area contributed by atoms with Gasteiger partial charge in [0.2, 0.25) is 11.6 Å². The van der Waals surface area contributed by atoms with Crippen LogP contribution in [-0.4, -0.2) is 50.0 Å². The van der Waals surface area contributed by atoms with Crippen LogP contribution in [0.15, 0.2) is 43.0 Å². The summed E-state index contributed by atoms with van der Waals surface area (Å²) < 4.78 is 1.89. The van der Waals surface area contributed by atoms with E-state index in [1.807, 2.05) is 15.5 Å². The highest BCUT2D eigenvalue weighted by Crippen LogP contribution is 2.42. The number of fused-ring (bicyclic) bond motifs is 2. The summed E-state index contributed by atoms with van der Waals surface area (Å²) in [6.07, 6.45) is 7.99. The lowest BCUT2D eigenvalue weighted by atomic mass is 9.98. The van der Waals surface area contributed by atoms with Crippen LogP contribution >= 0.6 is 0 Å². The molecule has 0 spiro atoms. The van der Waals surface area contributed by atoms with E-state index >= 15 is 0 Å². The second-order valence-electron chi connectivity index (χ2n) is 6.95. The Labute approximate surface area is 151 Å². The van der Waals surface area contributed by atoms with Gasteiger partial charge in [-0.25, -0.2) is 4.98 Å². The number of hydrogen-bond acceptors (Lipinski definition) is 5. The van der Waals surface area contributed by atoms with Crippen molar-refractivity contribution in [3.63, 3.8) is 0 Å². The highest BCUT2D eigenvalue weighted by Gasteiger charge is 2.32. The minimum absolute atomic E-state index is 0.294. The van der Waals surface area contributed by atoms with E-state index in [0.717, 1.165) is 43.9 Å². The molecule has 2 aliphatic rings. The second kappa shape index (κ2) is 6.09. The number of rotatable bonds is 4. The van der Waals surface area contributed by atoms with Crippen LogP contribution in [0.1, 0.15) is 30.7 Å². The Kier molecular flexibility index (Phi) is 3.58. The topological polar surface area (TPSA) is 66.6 Å². The van der Waals surface area contributed by atoms with E-state index in [1.165, 1.54) is 11.3 Å². The van der Waals surface area contributed by atoms with E-state index in [4.69, 9.17) is 0 Å². The lowest BCUT2D eigenvalue weighted by Crippen LogP contribution is -2.27. The standard InChI is InChI=1S/C19H20N6O/c26-17-6-3-9-23(17)10-7-14-12-25(16-5-2-1-4-15(14)16)18-19-22-21-13-24(19)11-8-20-18/h1-2,4-5,8,11,13-14H,3,6-7,9-10,12H2. The number of para-hydroxylation sites is 1. The van der Waals surface area contributed by atoms with E-state index in [0.29, 0.717) is 18.2 Å². The van der Waals surface area contributed by atoms with Crippen LogP contribution < -0.4 is 4.90 Å². The van der Waals surface area contributed by atoms with E-state index in [-0.39, 0.29) is 0 Å². The molecule has 7 nitrogen and oxygen atoms in total. The first-order chi connectivity index (χ1) is 12.8. The van der Waals surface area contributed by atoms with Gasteiger partial charge < -0.3 is 9.80 Å². The number of nitrogens with zero attached hydrogens (tertiary/aromatic N) is 6. The van der Waals surface area contributed by atoms with E-state index in [2.05, 4.69) is 44.3 Å². The van der Waals surface area contributed by atoms with Gasteiger partial charge in [0.25, 0.3) is 0 Å². The lowest BCUT2D eigenvalue weighted by molar-refractivity contribution is -0.127. The van der Waals surface area contributed by atoms with Gasteiger partial charge in [-0.2, -0.15) is 0 Å². The molecule has 5 rings (SSSR count). The number of carbonyl (C=O) groups is 1. The van der Waals surface area contributed by atoms with Gasteiger partial charge in [0.1, 0.15) is 6.33 Å². The van der Waals surface area contributed by atoms with Gasteiger partial charge in [-0.15, -0.1) is 10.2 Å². The number of amides is 1. The molecule has 26 heavy (non-hydrogen) atoms. The predicted molar refractivity (Wildman–Crippen MR) is 97.4 cm³/mol. The first kappa shape index (κ1) is 15.3. The van der Waals surface area contributed by atoms with Crippen molar-refractivity contribution in [2.24, 2.45) is 0 Å². The third-order valence-corrected chi connectivity index (χ3v) is 5.44. The maximum Gasteiger partial charge on any atom is 0.222 e. The average Bonchev–Trinajstić information content (AvgIpc) is 3.38. The van der Waals surface area contributed by atoms with E-state index in [1.54, 1.807) is 12.5 Å². The molecule has 1 atom stereocenters. The van der Waals surface area contributed by atoms with Crippen molar-refractivity contribution in [2.45, 2.75) is 25.2 Å². The summed E-state index contributed by atoms with van der Waals surface area (Å²) in [5.74, 6) is 1.50. The summed E-state index contributed by atoms with van der Waals surface area (Å²) in [5, 5.41) is 8.24. The van der Waals surface area contributed by atoms with Crippen LogP contribution in [0.3, 0.4) is 0 Å². The molecule has 1 amide bonds. The zero-order chi connectivity index (χ0) is 17.5. The van der Waals surface area contributed by atoms with Gasteiger partial charge in [-0.1, -0.05) is 18.2 Å². The Morgan fingerprint density at radius 1 is 1.23 bits per heavy atom. The van der Waals surface area contributed by atoms with Crippen LogP contribution in [0.5, 0.6) is 0 Å². The highest BCUT2D eigenvalue weighted by atomic mass is 16.2. The van der Waals surface area contributed by atoms with Crippen molar-refractivity contribution in [3.8, 4) is 0 Å². The molecule has 0 saturated carbocycles. The van der Waals surface area contributed by atoms with Gasteiger partial charge in [0, 0.05) is 50.1 Å². The van der Waals surface area contributed by atoms with Crippen molar-refractivity contribution < 1.29 is 4.79 Å². The number of aromatic nitrogens is 4. The van der Waals surface area contributed by atoms with Gasteiger partial charge in [-0.3, -0.25) is 9.20 Å². The quantitative estimate of drug-likeness (QED) is 0.724. The number of likely N-dealkylation sites (tertiary alicyclic amines) is 1. The van der Waals surface area contributed by atoms with Crippen LogP contribution in [0, 0.1) is 0 Å². The Hall–Kier alpha value is -2.96. The Balaban J connectivity index is 1.45. The maximum absolute atomic E-state index is 11.9. The molecule has 1 unspecified atom stereocenters. The second-order valence-corrected chi connectivity index (χ2v) is 6.95. The molecule has 1 fully saturated rings. The Morgan fingerprint density at radius 2 is 2.15 bits per heavy atom. The van der Waals surface area contributed by atoms with Crippen molar-refractivity contribution in [2.75, 3.05) is 24.5 Å². The monoisotopic (exact) mass is 348 g/mol. The fraction of sp³-hybridized carbons (Fsp3) is 0.368. The SMILES string of the molecule is O=C1CCCN1CCC1CN(c2nccn3cnnc23)c2ccccc21. The number of benzene rings is 1. The molecule has 0 aliphatic carbocycles. The molecule has 132 valence electrons. The molecular formula is C19H20N6O. The minimum Gasteiger partial charge on any atom is -0.343 e. The molecule has 0 radical (unpaired) electrons. The summed E-state index contributed by atoms with van der Waals surface area (Å²) in [6, 6.07) is 8.47. The van der Waals surface area contributed by atoms with Crippen molar-refractivity contribution in [1.82, 2.24) is 24.5 Å². The molecule has 1 saturated heterocycles. The van der Waals surface area contributed by atoms with Crippen LogP contribution in [-0.2, 0) is 4.79 Å². The maximum atomic E-state index is 11.9. The zero-order valence-corrected chi connectivity index (χ0v) is 14.5. The third-order valence-electron chi connectivity index (χ3n) is 5.44. The fourth-order valence-corrected chi connectivity index (χ4v) is 4.13. The fourth-order valence-electron chi connectivity index (χ4n) is 4.13. The Morgan fingerprint density at radius 3 is 3.04 bits per heavy atom. The van der Waals surface area contributed by atoms with Crippen molar-refractivity contribution in [3.05, 3.63) is 48.5 Å². The molecule has 0 N–H and O–H groups in total. The first-order valence-electron chi connectivity index (χ1n) is 9.10. The first-order valence-corrected chi connectivity index (χ1v) is 9.10. The molecule has 3 aromatic rings. The van der Waals surface area contributed by atoms with Gasteiger partial charge in [0.05, 0.1) is 0 Å². The molecule has 7 heteroatoms. The molecule has 2 aliphatic heterocycles. The summed E-state index contributed by atoms with van der Waals surface area (Å²) in [7, 11) is 0. The van der Waals surface area contributed by atoms with Gasteiger partial charge in [0.15, 0.2) is 5.82 Å². The minimum atomic E-state index is 0.294. The largest absolute Gasteiger partial charge is 0.343 e. The number of anilines is 2. The highest BCUT2D eigenvalue weighted by molar-refractivity contribution is 5.78. The molecule has 4 heterocycles. The summed E-state index contributed by atoms with van der Waals surface area (Å²) in [4.78, 5) is 20.7. The number of hydrogen-bond donors (Lipinski definition) is 0. The normalized spacial score (nSPS) is 19.5. The predicted octanol–water partition coefficient (Wildman–Crippen LogP) is 2.37. The molecular weight excluding hydrogens is 328 g/mol. The van der Waals surface area contributed by atoms with Crippen LogP contribution in [0.25, 0.3) is 5.65 Å². The van der Waals surface area contributed by atoms with E-state index < -0.39 is 0 Å². The van der Waals surface area contributed by atoms with Gasteiger partial charge in [-0.05, 0) is 24.5 Å². The van der Waals surface area contributed by atoms with Gasteiger partial charge >= 0.3 is 0 Å². The third kappa shape index (κ3) is 2.42. The molecule has 1 aromatic carbocycles. The summed E-state index contributed by atoms with van der Waals surface area (Å²) >= 11 is 0. The van der Waals surface area contributed by atoms with Crippen LogP contribution in [0.2, 0.25) is 0 Å². The lowest BCUT2D eigenvalue weighted by Gasteiger charge is -2.20. The summed E-state index contributed by atoms with van der Waals surface area (Å²) in [6.45, 7) is 2.58. The smallest absolute Gasteiger partial charge is 0.222 e.